The number of allylic oxidation sites excluding steroid dienone is 18. The van der Waals surface area contributed by atoms with E-state index in [-0.39, 0.29) is 25.8 Å². The third kappa shape index (κ3) is 54.0. The van der Waals surface area contributed by atoms with Gasteiger partial charge in [0.05, 0.1) is 34.4 Å². The molecule has 2 unspecified atom stereocenters. The molecule has 384 valence electrons. The van der Waals surface area contributed by atoms with Gasteiger partial charge in [-0.25, -0.2) is 4.57 Å². The molecule has 9 heteroatoms. The fourth-order valence-corrected chi connectivity index (χ4v) is 7.48. The van der Waals surface area contributed by atoms with Crippen molar-refractivity contribution in [3.05, 3.63) is 109 Å². The van der Waals surface area contributed by atoms with Crippen LogP contribution >= 0.6 is 7.82 Å². The van der Waals surface area contributed by atoms with Gasteiger partial charge in [-0.15, -0.1) is 0 Å². The van der Waals surface area contributed by atoms with Gasteiger partial charge in [-0.1, -0.05) is 194 Å². The van der Waals surface area contributed by atoms with Crippen LogP contribution in [-0.2, 0) is 27.9 Å². The van der Waals surface area contributed by atoms with Crippen molar-refractivity contribution in [1.29, 1.82) is 0 Å². The summed E-state index contributed by atoms with van der Waals surface area (Å²) in [6.45, 7) is 5.42. The SMILES string of the molecule is CC/C=C\C/C=C\C/C=C\C/C=C\C/C=C\C/C=C\CCCCCCCCCOCC(COP(=O)(O)OCC[N+](C)(C)C)OC(=O)CCCCCCCC/C=C\C/C=C\C/C=C\CCCCC. The van der Waals surface area contributed by atoms with E-state index in [4.69, 9.17) is 18.5 Å². The van der Waals surface area contributed by atoms with Crippen LogP contribution in [0, 0.1) is 0 Å². The highest BCUT2D eigenvalue weighted by molar-refractivity contribution is 7.47. The van der Waals surface area contributed by atoms with E-state index in [1.807, 2.05) is 21.1 Å². The minimum atomic E-state index is -4.30. The van der Waals surface area contributed by atoms with E-state index in [2.05, 4.69) is 123 Å². The van der Waals surface area contributed by atoms with Gasteiger partial charge in [0.25, 0.3) is 0 Å². The number of phosphoric ester groups is 1. The van der Waals surface area contributed by atoms with Crippen molar-refractivity contribution >= 4 is 13.8 Å². The van der Waals surface area contributed by atoms with Crippen molar-refractivity contribution in [2.75, 3.05) is 54.1 Å². The van der Waals surface area contributed by atoms with E-state index in [0.29, 0.717) is 24.1 Å². The summed E-state index contributed by atoms with van der Waals surface area (Å²) in [5.74, 6) is -0.334. The number of carbonyl (C=O) groups is 1. The number of phosphoric acid groups is 1. The van der Waals surface area contributed by atoms with E-state index in [1.165, 1.54) is 64.2 Å². The number of nitrogens with zero attached hydrogens (tertiary/aromatic N) is 1. The van der Waals surface area contributed by atoms with E-state index in [1.54, 1.807) is 0 Å². The molecule has 67 heavy (non-hydrogen) atoms. The van der Waals surface area contributed by atoms with E-state index in [9.17, 15) is 14.3 Å². The van der Waals surface area contributed by atoms with Crippen LogP contribution in [-0.4, -0.2) is 75.6 Å². The number of esters is 1. The Labute approximate surface area is 412 Å². The van der Waals surface area contributed by atoms with E-state index in [0.717, 1.165) is 109 Å². The Morgan fingerprint density at radius 1 is 0.478 bits per heavy atom. The molecular weight excluding hydrogens is 854 g/mol. The van der Waals surface area contributed by atoms with Crippen LogP contribution in [0.15, 0.2) is 109 Å². The van der Waals surface area contributed by atoms with Gasteiger partial charge in [-0.2, -0.15) is 0 Å². The Morgan fingerprint density at radius 3 is 1.30 bits per heavy atom. The highest BCUT2D eigenvalue weighted by Crippen LogP contribution is 2.43. The van der Waals surface area contributed by atoms with Crippen molar-refractivity contribution in [1.82, 2.24) is 0 Å². The summed E-state index contributed by atoms with van der Waals surface area (Å²) >= 11 is 0. The number of hydrogen-bond acceptors (Lipinski definition) is 6. The standard InChI is InChI=1S/C58H100NO7P/c1-6-8-10-12-14-16-18-20-22-24-26-27-28-29-30-31-32-34-36-38-40-42-44-46-48-50-53-63-55-57(56-65-67(61,62)64-54-52-59(3,4)5)66-58(60)51-49-47-45-43-41-39-37-35-33-25-23-21-19-17-15-13-11-9-7-2/h8,10,14-17,20-23,26-27,29-30,32-35,57H,6-7,9,11-13,18-19,24-25,28,31,36-56H2,1-5H3/p+1/b10-8-,16-14-,17-15-,22-20-,23-21-,27-26-,30-29-,34-32-,35-33-. The molecular formula is C58H101NO7P+. The summed E-state index contributed by atoms with van der Waals surface area (Å²) in [7, 11) is 1.63. The third-order valence-corrected chi connectivity index (χ3v) is 11.8. The summed E-state index contributed by atoms with van der Waals surface area (Å²) in [6, 6.07) is 0. The first kappa shape index (κ1) is 64.2. The van der Waals surface area contributed by atoms with Crippen LogP contribution in [0.25, 0.3) is 0 Å². The van der Waals surface area contributed by atoms with Gasteiger partial charge in [0.1, 0.15) is 19.3 Å². The Bertz CT molecular complexity index is 1430. The van der Waals surface area contributed by atoms with Crippen molar-refractivity contribution in [2.24, 2.45) is 0 Å². The molecule has 1 N–H and O–H groups in total. The molecule has 2 atom stereocenters. The molecule has 0 rings (SSSR count). The molecule has 0 aliphatic carbocycles. The van der Waals surface area contributed by atoms with Crippen molar-refractivity contribution in [2.45, 2.75) is 200 Å². The van der Waals surface area contributed by atoms with Gasteiger partial charge in [0.15, 0.2) is 0 Å². The fourth-order valence-electron chi connectivity index (χ4n) is 6.74. The highest BCUT2D eigenvalue weighted by Gasteiger charge is 2.26. The molecule has 0 heterocycles. The van der Waals surface area contributed by atoms with Gasteiger partial charge in [-0.3, -0.25) is 13.8 Å². The molecule has 0 aromatic heterocycles. The quantitative estimate of drug-likeness (QED) is 0.0214. The van der Waals surface area contributed by atoms with Gasteiger partial charge in [0.2, 0.25) is 0 Å². The zero-order valence-electron chi connectivity index (χ0n) is 43.6. The first-order valence-electron chi connectivity index (χ1n) is 26.6. The predicted molar refractivity (Wildman–Crippen MR) is 288 cm³/mol. The van der Waals surface area contributed by atoms with Gasteiger partial charge in [-0.05, 0) is 103 Å². The van der Waals surface area contributed by atoms with Crippen LogP contribution < -0.4 is 0 Å². The maximum atomic E-state index is 12.8. The first-order valence-corrected chi connectivity index (χ1v) is 28.1. The number of rotatable bonds is 48. The average Bonchev–Trinajstić information content (AvgIpc) is 3.29. The summed E-state index contributed by atoms with van der Waals surface area (Å²) in [6.07, 6.45) is 69.9. The number of hydrogen-bond donors (Lipinski definition) is 1. The molecule has 8 nitrogen and oxygen atoms in total. The Kier molecular flexibility index (Phi) is 47.5. The molecule has 0 amide bonds. The number of quaternary nitrogens is 1. The lowest BCUT2D eigenvalue weighted by atomic mass is 10.1. The molecule has 0 spiro atoms. The van der Waals surface area contributed by atoms with Gasteiger partial charge < -0.3 is 18.9 Å². The lowest BCUT2D eigenvalue weighted by molar-refractivity contribution is -0.870. The van der Waals surface area contributed by atoms with Crippen molar-refractivity contribution < 1.29 is 37.3 Å². The number of carbonyl (C=O) groups excluding carboxylic acids is 1. The summed E-state index contributed by atoms with van der Waals surface area (Å²) < 4.78 is 35.2. The molecule has 0 saturated carbocycles. The van der Waals surface area contributed by atoms with Crippen molar-refractivity contribution in [3.8, 4) is 0 Å². The van der Waals surface area contributed by atoms with E-state index >= 15 is 0 Å². The maximum Gasteiger partial charge on any atom is 0.472 e. The van der Waals surface area contributed by atoms with Gasteiger partial charge >= 0.3 is 13.8 Å². The fraction of sp³-hybridized carbons (Fsp3) is 0.672. The molecule has 0 bridgehead atoms. The Morgan fingerprint density at radius 2 is 0.866 bits per heavy atom. The van der Waals surface area contributed by atoms with Crippen LogP contribution in [0.1, 0.15) is 194 Å². The molecule has 0 aliphatic rings. The lowest BCUT2D eigenvalue weighted by Gasteiger charge is -2.24. The first-order chi connectivity index (χ1) is 32.6. The van der Waals surface area contributed by atoms with Crippen molar-refractivity contribution in [3.63, 3.8) is 0 Å². The molecule has 0 fully saturated rings. The van der Waals surface area contributed by atoms with Crippen LogP contribution in [0.5, 0.6) is 0 Å². The summed E-state index contributed by atoms with van der Waals surface area (Å²) in [4.78, 5) is 23.0. The van der Waals surface area contributed by atoms with Crippen LogP contribution in [0.4, 0.5) is 0 Å². The second-order valence-corrected chi connectivity index (χ2v) is 20.0. The smallest absolute Gasteiger partial charge is 0.457 e. The summed E-state index contributed by atoms with van der Waals surface area (Å²) in [5, 5.41) is 0. The zero-order chi connectivity index (χ0) is 49.0. The number of likely N-dealkylation sites (N-methyl/N-ethyl adjacent to an activating group) is 1. The normalized spacial score (nSPS) is 14.4. The van der Waals surface area contributed by atoms with Gasteiger partial charge in [0, 0.05) is 13.0 Å². The predicted octanol–water partition coefficient (Wildman–Crippen LogP) is 16.7. The minimum absolute atomic E-state index is 0.0770. The second kappa shape index (κ2) is 49.6. The maximum absolute atomic E-state index is 12.8. The Balaban J connectivity index is 4.21. The third-order valence-electron chi connectivity index (χ3n) is 10.8. The molecule has 0 aliphatic heterocycles. The molecule has 0 radical (unpaired) electrons. The molecule has 0 saturated heterocycles. The average molecular weight is 955 g/mol. The zero-order valence-corrected chi connectivity index (χ0v) is 44.5. The van der Waals surface area contributed by atoms with E-state index < -0.39 is 13.9 Å². The molecule has 0 aromatic carbocycles. The lowest BCUT2D eigenvalue weighted by Crippen LogP contribution is -2.37. The summed E-state index contributed by atoms with van der Waals surface area (Å²) in [5.41, 5.74) is 0. The number of unbranched alkanes of at least 4 members (excludes halogenated alkanes) is 16. The monoisotopic (exact) mass is 955 g/mol. The largest absolute Gasteiger partial charge is 0.472 e. The molecule has 0 aromatic rings. The Hall–Kier alpha value is -2.84. The minimum Gasteiger partial charge on any atom is -0.457 e. The second-order valence-electron chi connectivity index (χ2n) is 18.5. The highest BCUT2D eigenvalue weighted by atomic mass is 31.2. The van der Waals surface area contributed by atoms with Crippen LogP contribution in [0.3, 0.4) is 0 Å². The topological polar surface area (TPSA) is 91.3 Å². The van der Waals surface area contributed by atoms with Crippen LogP contribution in [0.2, 0.25) is 0 Å². The number of ether oxygens (including phenoxy) is 2.